The Hall–Kier alpha value is -3.21. The molecule has 11 heteroatoms. The summed E-state index contributed by atoms with van der Waals surface area (Å²) in [6, 6.07) is 15.4. The number of aryl methyl sites for hydroxylation is 1. The van der Waals surface area contributed by atoms with Crippen LogP contribution in [0.25, 0.3) is 22.5 Å². The predicted octanol–water partition coefficient (Wildman–Crippen LogP) is 4.60. The van der Waals surface area contributed by atoms with E-state index in [9.17, 15) is 4.79 Å². The van der Waals surface area contributed by atoms with Crippen LogP contribution in [-0.2, 0) is 22.4 Å². The van der Waals surface area contributed by atoms with E-state index < -0.39 is 18.1 Å². The number of rotatable bonds is 12. The Labute approximate surface area is 226 Å². The quantitative estimate of drug-likeness (QED) is 0.153. The van der Waals surface area contributed by atoms with Crippen LogP contribution >= 0.6 is 24.2 Å². The summed E-state index contributed by atoms with van der Waals surface area (Å²) in [5, 5.41) is 17.9. The molecule has 0 spiro atoms. The highest BCUT2D eigenvalue weighted by atomic mass is 35.5. The van der Waals surface area contributed by atoms with Crippen LogP contribution in [0.5, 0.6) is 0 Å². The Bertz CT molecular complexity index is 1290. The second-order valence-electron chi connectivity index (χ2n) is 8.63. The van der Waals surface area contributed by atoms with Crippen LogP contribution in [0.2, 0.25) is 5.15 Å². The number of nitrogens with one attached hydrogen (secondary N) is 3. The molecule has 0 aliphatic heterocycles. The van der Waals surface area contributed by atoms with Gasteiger partial charge >= 0.3 is 5.97 Å². The van der Waals surface area contributed by atoms with Gasteiger partial charge in [-0.25, -0.2) is 4.98 Å². The molecule has 2 heterocycles. The molecule has 0 saturated heterocycles. The third kappa shape index (κ3) is 6.57. The monoisotopic (exact) mass is 539 g/mol. The fraction of sp³-hybridized carbons (Fsp3) is 0.346. The van der Waals surface area contributed by atoms with E-state index in [-0.39, 0.29) is 0 Å². The highest BCUT2D eigenvalue weighted by Gasteiger charge is 2.27. The van der Waals surface area contributed by atoms with Crippen molar-refractivity contribution in [1.82, 2.24) is 35.9 Å². The third-order valence-electron chi connectivity index (χ3n) is 6.07. The number of carbonyl (C=O) groups excluding carboxylic acids is 1. The number of H-pyrrole nitrogens is 2. The van der Waals surface area contributed by atoms with Gasteiger partial charge in [0.1, 0.15) is 18.0 Å². The van der Waals surface area contributed by atoms with Crippen LogP contribution in [0.3, 0.4) is 0 Å². The van der Waals surface area contributed by atoms with Crippen LogP contribution in [0.4, 0.5) is 0 Å². The van der Waals surface area contributed by atoms with E-state index in [1.165, 1.54) is 0 Å². The lowest BCUT2D eigenvalue weighted by molar-refractivity contribution is -0.151. The van der Waals surface area contributed by atoms with Crippen LogP contribution in [0.1, 0.15) is 43.0 Å². The number of benzene rings is 2. The number of esters is 1. The predicted molar refractivity (Wildman–Crippen MR) is 146 cm³/mol. The number of thiol groups is 1. The van der Waals surface area contributed by atoms with Crippen molar-refractivity contribution in [3.8, 4) is 22.5 Å². The Balaban J connectivity index is 1.71. The lowest BCUT2D eigenvalue weighted by Crippen LogP contribution is -2.38. The third-order valence-corrected chi connectivity index (χ3v) is 6.73. The smallest absolute Gasteiger partial charge is 0.324 e. The number of halogens is 1. The van der Waals surface area contributed by atoms with Gasteiger partial charge in [-0.15, -0.1) is 10.2 Å². The summed E-state index contributed by atoms with van der Waals surface area (Å²) in [5.41, 5.74) is 4.28. The Morgan fingerprint density at radius 2 is 2.00 bits per heavy atom. The Morgan fingerprint density at radius 3 is 2.68 bits per heavy atom. The van der Waals surface area contributed by atoms with Gasteiger partial charge in [0.2, 0.25) is 5.82 Å². The lowest BCUT2D eigenvalue weighted by atomic mass is 9.95. The standard InChI is InChI=1S/C26H30ClN7O2S/c1-3-4-10-22-29-23(24(27)30-22)21(36-26(35)20(15-37)28-2)14-16-11-12-18(17-8-6-5-7-9-17)19(13-16)25-31-33-34-32-25/h5-9,11-13,20-21,28,37H,3-4,10,14-15H2,1-2H3,(H,29,30)(H,31,32,33,34)/t20-,21+/m1/s1. The van der Waals surface area contributed by atoms with Gasteiger partial charge in [0, 0.05) is 24.2 Å². The number of aromatic nitrogens is 6. The number of imidazole rings is 1. The van der Waals surface area contributed by atoms with E-state index in [1.807, 2.05) is 48.5 Å². The number of carbonyl (C=O) groups is 1. The molecule has 2 atom stereocenters. The van der Waals surface area contributed by atoms with Crippen molar-refractivity contribution in [2.45, 2.75) is 44.8 Å². The molecule has 3 N–H and O–H groups in total. The fourth-order valence-electron chi connectivity index (χ4n) is 4.06. The molecule has 0 radical (unpaired) electrons. The van der Waals surface area contributed by atoms with Gasteiger partial charge in [0.25, 0.3) is 0 Å². The van der Waals surface area contributed by atoms with E-state index in [0.717, 1.165) is 47.3 Å². The largest absolute Gasteiger partial charge is 0.454 e. The number of likely N-dealkylation sites (N-methyl/N-ethyl adjacent to an activating group) is 1. The van der Waals surface area contributed by atoms with Crippen molar-refractivity contribution >= 4 is 30.2 Å². The molecular weight excluding hydrogens is 510 g/mol. The molecule has 2 aromatic heterocycles. The number of ether oxygens (including phenoxy) is 1. The molecule has 9 nitrogen and oxygen atoms in total. The van der Waals surface area contributed by atoms with Gasteiger partial charge < -0.3 is 15.0 Å². The van der Waals surface area contributed by atoms with Gasteiger partial charge in [-0.2, -0.15) is 17.8 Å². The molecule has 4 aromatic rings. The van der Waals surface area contributed by atoms with Crippen LogP contribution in [0.15, 0.2) is 48.5 Å². The van der Waals surface area contributed by atoms with Crippen LogP contribution < -0.4 is 5.32 Å². The maximum absolute atomic E-state index is 12.9. The Morgan fingerprint density at radius 1 is 1.19 bits per heavy atom. The minimum absolute atomic E-state index is 0.300. The average Bonchev–Trinajstić information content (AvgIpc) is 3.58. The molecule has 4 rings (SSSR count). The van der Waals surface area contributed by atoms with Gasteiger partial charge in [-0.1, -0.05) is 67.4 Å². The molecule has 2 aromatic carbocycles. The molecule has 0 unspecified atom stereocenters. The van der Waals surface area contributed by atoms with Crippen LogP contribution in [0, 0.1) is 0 Å². The maximum Gasteiger partial charge on any atom is 0.324 e. The van der Waals surface area contributed by atoms with Gasteiger partial charge in [0.15, 0.2) is 5.15 Å². The molecular formula is C26H30ClN7O2S. The number of tetrazole rings is 1. The summed E-state index contributed by atoms with van der Waals surface area (Å²) in [6.45, 7) is 2.12. The first kappa shape index (κ1) is 26.8. The molecule has 0 fully saturated rings. The Kier molecular flexibility index (Phi) is 9.32. The van der Waals surface area contributed by atoms with Crippen molar-refractivity contribution in [3.63, 3.8) is 0 Å². The summed E-state index contributed by atoms with van der Waals surface area (Å²) >= 11 is 10.8. The second kappa shape index (κ2) is 12.8. The second-order valence-corrected chi connectivity index (χ2v) is 9.35. The van der Waals surface area contributed by atoms with Crippen LogP contribution in [-0.4, -0.2) is 55.4 Å². The lowest BCUT2D eigenvalue weighted by Gasteiger charge is -2.21. The van der Waals surface area contributed by atoms with E-state index in [2.05, 4.69) is 55.5 Å². The molecule has 0 amide bonds. The van der Waals surface area contributed by atoms with Gasteiger partial charge in [-0.05, 0) is 41.4 Å². The molecule has 0 saturated carbocycles. The number of aromatic amines is 2. The number of hydrogen-bond donors (Lipinski definition) is 4. The average molecular weight is 540 g/mol. The van der Waals surface area contributed by atoms with Gasteiger partial charge in [-0.3, -0.25) is 4.79 Å². The first-order valence-electron chi connectivity index (χ1n) is 12.2. The highest BCUT2D eigenvalue weighted by molar-refractivity contribution is 7.80. The minimum Gasteiger partial charge on any atom is -0.454 e. The summed E-state index contributed by atoms with van der Waals surface area (Å²) in [4.78, 5) is 20.7. The first-order valence-corrected chi connectivity index (χ1v) is 13.2. The zero-order chi connectivity index (χ0) is 26.2. The zero-order valence-corrected chi connectivity index (χ0v) is 22.4. The van der Waals surface area contributed by atoms with E-state index in [1.54, 1.807) is 7.05 Å². The highest BCUT2D eigenvalue weighted by Crippen LogP contribution is 2.34. The summed E-state index contributed by atoms with van der Waals surface area (Å²) in [7, 11) is 1.70. The summed E-state index contributed by atoms with van der Waals surface area (Å²) in [6.07, 6.45) is 2.46. The number of unbranched alkanes of at least 4 members (excludes halogenated alkanes) is 1. The summed E-state index contributed by atoms with van der Waals surface area (Å²) < 4.78 is 5.97. The van der Waals surface area contributed by atoms with E-state index in [0.29, 0.717) is 28.8 Å². The minimum atomic E-state index is -0.681. The van der Waals surface area contributed by atoms with E-state index >= 15 is 0 Å². The SMILES string of the molecule is CCCCc1nc(Cl)c([C@H](Cc2ccc(-c3ccccc3)c(-c3nn[nH]n3)c2)OC(=O)[C@@H](CS)NC)[nH]1. The van der Waals surface area contributed by atoms with Crippen molar-refractivity contribution in [2.75, 3.05) is 12.8 Å². The fourth-order valence-corrected chi connectivity index (χ4v) is 4.66. The first-order chi connectivity index (χ1) is 18.0. The molecule has 0 aliphatic rings. The normalized spacial score (nSPS) is 12.9. The molecule has 194 valence electrons. The van der Waals surface area contributed by atoms with Crippen molar-refractivity contribution < 1.29 is 9.53 Å². The molecule has 0 bridgehead atoms. The summed E-state index contributed by atoms with van der Waals surface area (Å²) in [5.74, 6) is 1.13. The number of hydrogen-bond acceptors (Lipinski definition) is 8. The van der Waals surface area contributed by atoms with E-state index in [4.69, 9.17) is 16.3 Å². The molecule has 37 heavy (non-hydrogen) atoms. The molecule has 0 aliphatic carbocycles. The van der Waals surface area contributed by atoms with Gasteiger partial charge in [0.05, 0.1) is 5.69 Å². The number of nitrogens with zero attached hydrogens (tertiary/aromatic N) is 4. The van der Waals surface area contributed by atoms with Crippen molar-refractivity contribution in [1.29, 1.82) is 0 Å². The maximum atomic E-state index is 12.9. The topological polar surface area (TPSA) is 121 Å². The van der Waals surface area contributed by atoms with Crippen molar-refractivity contribution in [2.24, 2.45) is 0 Å². The zero-order valence-electron chi connectivity index (χ0n) is 20.7. The van der Waals surface area contributed by atoms with Crippen molar-refractivity contribution in [3.05, 3.63) is 70.8 Å².